The summed E-state index contributed by atoms with van der Waals surface area (Å²) in [4.78, 5) is 36.9. The first-order valence-electron chi connectivity index (χ1n) is 6.35. The second-order valence-corrected chi connectivity index (χ2v) is 5.65. The Hall–Kier alpha value is -2.08. The minimum Gasteiger partial charge on any atom is -0.467 e. The smallest absolute Gasteiger partial charge is 0.328 e. The molecule has 0 spiro atoms. The number of rotatable bonds is 3. The first-order chi connectivity index (χ1) is 9.93. The molecule has 1 aromatic carbocycles. The number of carbonyl (C=O) groups excluding carboxylic acids is 3. The molecule has 1 heterocycles. The molecule has 1 aromatic rings. The summed E-state index contributed by atoms with van der Waals surface area (Å²) in [5.41, 5.74) is 1.94. The Morgan fingerprint density at radius 1 is 1.29 bits per heavy atom. The molecule has 0 bridgehead atoms. The monoisotopic (exact) mass is 305 g/mol. The third-order valence-electron chi connectivity index (χ3n) is 3.13. The maximum atomic E-state index is 12.3. The van der Waals surface area contributed by atoms with Gasteiger partial charge in [-0.05, 0) is 37.2 Å². The van der Waals surface area contributed by atoms with Gasteiger partial charge in [-0.3, -0.25) is 14.5 Å². The molecular formula is C15H15NO4S. The zero-order valence-corrected chi connectivity index (χ0v) is 12.8. The van der Waals surface area contributed by atoms with E-state index in [1.54, 1.807) is 6.08 Å². The number of nitrogens with zero attached hydrogens (tertiary/aromatic N) is 1. The van der Waals surface area contributed by atoms with E-state index in [4.69, 9.17) is 0 Å². The van der Waals surface area contributed by atoms with Crippen LogP contribution in [0.3, 0.4) is 0 Å². The minimum atomic E-state index is -0.925. The number of methoxy groups -OCH3 is 1. The number of benzene rings is 1. The van der Waals surface area contributed by atoms with Gasteiger partial charge in [0, 0.05) is 0 Å². The van der Waals surface area contributed by atoms with Crippen LogP contribution in [0.1, 0.15) is 18.1 Å². The maximum absolute atomic E-state index is 12.3. The molecule has 5 nitrogen and oxygen atoms in total. The van der Waals surface area contributed by atoms with E-state index in [1.165, 1.54) is 14.0 Å². The van der Waals surface area contributed by atoms with Crippen molar-refractivity contribution < 1.29 is 19.1 Å². The highest BCUT2D eigenvalue weighted by atomic mass is 32.2. The Bertz CT molecular complexity index is 621. The molecule has 0 N–H and O–H groups in total. The quantitative estimate of drug-likeness (QED) is 0.634. The summed E-state index contributed by atoms with van der Waals surface area (Å²) in [6, 6.07) is 6.66. The molecule has 1 aliphatic rings. The van der Waals surface area contributed by atoms with Crippen LogP contribution in [0, 0.1) is 6.92 Å². The Morgan fingerprint density at radius 2 is 1.90 bits per heavy atom. The summed E-state index contributed by atoms with van der Waals surface area (Å²) >= 11 is 0.828. The number of hydrogen-bond acceptors (Lipinski definition) is 5. The van der Waals surface area contributed by atoms with Crippen molar-refractivity contribution in [1.29, 1.82) is 0 Å². The van der Waals surface area contributed by atoms with Crippen molar-refractivity contribution in [3.05, 3.63) is 40.3 Å². The zero-order valence-electron chi connectivity index (χ0n) is 12.0. The van der Waals surface area contributed by atoms with Gasteiger partial charge in [0.25, 0.3) is 11.1 Å². The van der Waals surface area contributed by atoms with Crippen molar-refractivity contribution >= 4 is 35.0 Å². The van der Waals surface area contributed by atoms with Gasteiger partial charge in [-0.25, -0.2) is 4.79 Å². The molecule has 110 valence electrons. The lowest BCUT2D eigenvalue weighted by atomic mass is 10.1. The van der Waals surface area contributed by atoms with E-state index in [0.29, 0.717) is 4.91 Å². The highest BCUT2D eigenvalue weighted by molar-refractivity contribution is 8.18. The number of ether oxygens (including phenoxy) is 1. The number of amides is 2. The first-order valence-corrected chi connectivity index (χ1v) is 7.17. The third-order valence-corrected chi connectivity index (χ3v) is 4.01. The van der Waals surface area contributed by atoms with Crippen molar-refractivity contribution in [2.45, 2.75) is 19.9 Å². The standard InChI is InChI=1S/C15H15NO4S/c1-9-4-6-11(7-5-9)8-12-13(17)16(15(19)21-12)10(2)14(18)20-3/h4-8,10H,1-3H3/b12-8+/t10-/m1/s1. The van der Waals surface area contributed by atoms with Crippen LogP contribution in [0.15, 0.2) is 29.2 Å². The topological polar surface area (TPSA) is 63.7 Å². The second-order valence-electron chi connectivity index (χ2n) is 4.66. The Labute approximate surface area is 127 Å². The summed E-state index contributed by atoms with van der Waals surface area (Å²) in [5.74, 6) is -1.09. The van der Waals surface area contributed by atoms with E-state index in [1.807, 2.05) is 31.2 Å². The number of carbonyl (C=O) groups is 3. The molecule has 1 fully saturated rings. The lowest BCUT2D eigenvalue weighted by Crippen LogP contribution is -2.42. The third kappa shape index (κ3) is 3.16. The Kier molecular flexibility index (Phi) is 4.47. The van der Waals surface area contributed by atoms with E-state index in [-0.39, 0.29) is 0 Å². The minimum absolute atomic E-state index is 0.305. The van der Waals surface area contributed by atoms with Gasteiger partial charge in [0.2, 0.25) is 0 Å². The number of imide groups is 1. The average molecular weight is 305 g/mol. The molecule has 0 aliphatic carbocycles. The molecule has 0 unspecified atom stereocenters. The van der Waals surface area contributed by atoms with Crippen LogP contribution in [-0.2, 0) is 14.3 Å². The molecule has 0 saturated carbocycles. The SMILES string of the molecule is COC(=O)[C@@H](C)N1C(=O)S/C(=C/c2ccc(C)cc2)C1=O. The van der Waals surface area contributed by atoms with E-state index < -0.39 is 23.2 Å². The van der Waals surface area contributed by atoms with Crippen LogP contribution in [-0.4, -0.2) is 35.2 Å². The molecule has 21 heavy (non-hydrogen) atoms. The van der Waals surface area contributed by atoms with E-state index >= 15 is 0 Å². The summed E-state index contributed by atoms with van der Waals surface area (Å²) in [7, 11) is 1.22. The number of hydrogen-bond donors (Lipinski definition) is 0. The Morgan fingerprint density at radius 3 is 2.48 bits per heavy atom. The fourth-order valence-electron chi connectivity index (χ4n) is 1.90. The van der Waals surface area contributed by atoms with Crippen molar-refractivity contribution in [2.75, 3.05) is 7.11 Å². The zero-order chi connectivity index (χ0) is 15.6. The van der Waals surface area contributed by atoms with Gasteiger partial charge < -0.3 is 4.74 Å². The summed E-state index contributed by atoms with van der Waals surface area (Å²) in [5, 5.41) is -0.462. The largest absolute Gasteiger partial charge is 0.467 e. The molecule has 2 amide bonds. The van der Waals surface area contributed by atoms with Gasteiger partial charge in [0.1, 0.15) is 6.04 Å². The molecule has 6 heteroatoms. The number of aryl methyl sites for hydroxylation is 1. The molecule has 2 rings (SSSR count). The van der Waals surface area contributed by atoms with Gasteiger partial charge in [-0.15, -0.1) is 0 Å². The predicted molar refractivity (Wildman–Crippen MR) is 80.5 cm³/mol. The molecular weight excluding hydrogens is 290 g/mol. The first kappa shape index (κ1) is 15.3. The van der Waals surface area contributed by atoms with Crippen molar-refractivity contribution in [3.8, 4) is 0 Å². The molecule has 0 radical (unpaired) electrons. The van der Waals surface area contributed by atoms with Crippen LogP contribution in [0.2, 0.25) is 0 Å². The molecule has 1 atom stereocenters. The summed E-state index contributed by atoms with van der Waals surface area (Å²) in [6.45, 7) is 3.44. The fraction of sp³-hybridized carbons (Fsp3) is 0.267. The summed E-state index contributed by atoms with van der Waals surface area (Å²) < 4.78 is 4.57. The van der Waals surface area contributed by atoms with Gasteiger partial charge in [0.05, 0.1) is 12.0 Å². The predicted octanol–water partition coefficient (Wildman–Crippen LogP) is 2.59. The van der Waals surface area contributed by atoms with E-state index in [9.17, 15) is 14.4 Å². The van der Waals surface area contributed by atoms with Crippen LogP contribution in [0.5, 0.6) is 0 Å². The van der Waals surface area contributed by atoms with Crippen molar-refractivity contribution in [1.82, 2.24) is 4.90 Å². The lowest BCUT2D eigenvalue weighted by Gasteiger charge is -2.18. The van der Waals surface area contributed by atoms with Gasteiger partial charge in [-0.2, -0.15) is 0 Å². The molecule has 0 aromatic heterocycles. The highest BCUT2D eigenvalue weighted by Gasteiger charge is 2.41. The summed E-state index contributed by atoms with van der Waals surface area (Å²) in [6.07, 6.45) is 1.65. The maximum Gasteiger partial charge on any atom is 0.328 e. The number of esters is 1. The number of thioether (sulfide) groups is 1. The van der Waals surface area contributed by atoms with Crippen LogP contribution >= 0.6 is 11.8 Å². The Balaban J connectivity index is 2.25. The second kappa shape index (κ2) is 6.13. The average Bonchev–Trinajstić information content (AvgIpc) is 2.74. The van der Waals surface area contributed by atoms with E-state index in [2.05, 4.69) is 4.74 Å². The molecule has 1 saturated heterocycles. The van der Waals surface area contributed by atoms with Gasteiger partial charge >= 0.3 is 5.97 Å². The van der Waals surface area contributed by atoms with E-state index in [0.717, 1.165) is 27.8 Å². The van der Waals surface area contributed by atoms with Crippen LogP contribution in [0.25, 0.3) is 6.08 Å². The lowest BCUT2D eigenvalue weighted by molar-refractivity contribution is -0.148. The normalized spacial score (nSPS) is 18.2. The highest BCUT2D eigenvalue weighted by Crippen LogP contribution is 2.33. The van der Waals surface area contributed by atoms with Crippen LogP contribution < -0.4 is 0 Å². The molecule has 1 aliphatic heterocycles. The van der Waals surface area contributed by atoms with Crippen molar-refractivity contribution in [3.63, 3.8) is 0 Å². The van der Waals surface area contributed by atoms with Crippen LogP contribution in [0.4, 0.5) is 4.79 Å². The van der Waals surface area contributed by atoms with Crippen molar-refractivity contribution in [2.24, 2.45) is 0 Å². The van der Waals surface area contributed by atoms with Gasteiger partial charge in [-0.1, -0.05) is 29.8 Å². The fourth-order valence-corrected chi connectivity index (χ4v) is 2.81. The van der Waals surface area contributed by atoms with Gasteiger partial charge in [0.15, 0.2) is 0 Å².